The highest BCUT2D eigenvalue weighted by molar-refractivity contribution is 6.04. The number of hydrogen-bond donors (Lipinski definition) is 0. The van der Waals surface area contributed by atoms with Crippen molar-refractivity contribution in [3.05, 3.63) is 66.5 Å². The van der Waals surface area contributed by atoms with Crippen molar-refractivity contribution in [3.8, 4) is 0 Å². The lowest BCUT2D eigenvalue weighted by Gasteiger charge is -2.35. The molecule has 0 bridgehead atoms. The quantitative estimate of drug-likeness (QED) is 0.473. The molecule has 7 heteroatoms. The highest BCUT2D eigenvalue weighted by Gasteiger charge is 2.43. The number of carbonyl (C=O) groups is 1. The van der Waals surface area contributed by atoms with Crippen LogP contribution in [0.15, 0.2) is 64.5 Å². The van der Waals surface area contributed by atoms with Gasteiger partial charge in [-0.2, -0.15) is 0 Å². The lowest BCUT2D eigenvalue weighted by Crippen LogP contribution is -2.42. The lowest BCUT2D eigenvalue weighted by molar-refractivity contribution is -0.125. The Labute approximate surface area is 217 Å². The summed E-state index contributed by atoms with van der Waals surface area (Å²) in [5, 5.41) is 0. The fourth-order valence-electron chi connectivity index (χ4n) is 6.63. The van der Waals surface area contributed by atoms with Crippen LogP contribution in [0.4, 0.5) is 0 Å². The highest BCUT2D eigenvalue weighted by Crippen LogP contribution is 2.45. The Morgan fingerprint density at radius 2 is 1.81 bits per heavy atom. The third-order valence-electron chi connectivity index (χ3n) is 8.89. The number of aromatic nitrogens is 2. The number of ketones is 1. The number of nitrogens with zero attached hydrogens (tertiary/aromatic N) is 5. The number of carbonyl (C=O) groups excluding carboxylic acids is 1. The largest absolute Gasteiger partial charge is 0.472 e. The van der Waals surface area contributed by atoms with Crippen LogP contribution in [-0.4, -0.2) is 63.6 Å². The van der Waals surface area contributed by atoms with Gasteiger partial charge in [-0.1, -0.05) is 18.2 Å². The number of rotatable bonds is 7. The predicted octanol–water partition coefficient (Wildman–Crippen LogP) is 4.70. The van der Waals surface area contributed by atoms with Gasteiger partial charge in [0.1, 0.15) is 5.78 Å². The van der Waals surface area contributed by atoms with Crippen LogP contribution in [0.25, 0.3) is 11.0 Å². The van der Waals surface area contributed by atoms with Gasteiger partial charge in [-0.05, 0) is 69.3 Å². The molecule has 1 aliphatic carbocycles. The van der Waals surface area contributed by atoms with Crippen molar-refractivity contribution in [2.45, 2.75) is 44.7 Å². The summed E-state index contributed by atoms with van der Waals surface area (Å²) < 4.78 is 7.67. The Kier molecular flexibility index (Phi) is 6.05. The van der Waals surface area contributed by atoms with E-state index in [2.05, 4.69) is 44.7 Å². The van der Waals surface area contributed by atoms with Crippen LogP contribution in [0.2, 0.25) is 0 Å². The molecule has 2 atom stereocenters. The summed E-state index contributed by atoms with van der Waals surface area (Å²) in [6, 6.07) is 10.9. The molecule has 0 N–H and O–H groups in total. The van der Waals surface area contributed by atoms with Crippen LogP contribution in [0, 0.1) is 17.8 Å². The van der Waals surface area contributed by atoms with Gasteiger partial charge in [-0.15, -0.1) is 0 Å². The number of para-hydroxylation sites is 2. The number of fused-ring (bicyclic) bond motifs is 2. The van der Waals surface area contributed by atoms with Crippen LogP contribution in [0.1, 0.15) is 49.5 Å². The van der Waals surface area contributed by atoms with Crippen LogP contribution in [0.3, 0.4) is 0 Å². The molecule has 0 amide bonds. The first-order chi connectivity index (χ1) is 18.2. The van der Waals surface area contributed by atoms with E-state index < -0.39 is 0 Å². The molecule has 2 saturated heterocycles. The molecule has 3 aliphatic heterocycles. The molecule has 37 heavy (non-hydrogen) atoms. The van der Waals surface area contributed by atoms with Crippen molar-refractivity contribution >= 4 is 22.5 Å². The molecule has 1 saturated carbocycles. The first-order valence-corrected chi connectivity index (χ1v) is 13.9. The summed E-state index contributed by atoms with van der Waals surface area (Å²) in [6.07, 6.45) is 13.0. The maximum Gasteiger partial charge on any atom is 0.156 e. The molecule has 1 aromatic carbocycles. The Bertz CT molecular complexity index is 1320. The second kappa shape index (κ2) is 9.69. The summed E-state index contributed by atoms with van der Waals surface area (Å²) in [7, 11) is 0. The second-order valence-corrected chi connectivity index (χ2v) is 11.3. The Morgan fingerprint density at radius 1 is 1.00 bits per heavy atom. The van der Waals surface area contributed by atoms with Crippen molar-refractivity contribution in [1.29, 1.82) is 0 Å². The molecule has 3 fully saturated rings. The van der Waals surface area contributed by atoms with Crippen molar-refractivity contribution in [2.24, 2.45) is 22.7 Å². The molecule has 4 aliphatic rings. The lowest BCUT2D eigenvalue weighted by atomic mass is 9.91. The third kappa shape index (κ3) is 4.59. The number of imidazole rings is 1. The minimum absolute atomic E-state index is 0.200. The molecular formula is C30H35N5O2. The van der Waals surface area contributed by atoms with Crippen molar-refractivity contribution in [3.63, 3.8) is 0 Å². The number of piperidine rings is 2. The van der Waals surface area contributed by atoms with Crippen LogP contribution < -0.4 is 0 Å². The van der Waals surface area contributed by atoms with E-state index in [1.165, 1.54) is 23.2 Å². The van der Waals surface area contributed by atoms with Crippen LogP contribution in [-0.2, 0) is 11.3 Å². The number of furan rings is 1. The molecule has 2 aromatic heterocycles. The van der Waals surface area contributed by atoms with Gasteiger partial charge in [0.2, 0.25) is 0 Å². The molecular weight excluding hydrogens is 462 g/mol. The minimum Gasteiger partial charge on any atom is -0.472 e. The summed E-state index contributed by atoms with van der Waals surface area (Å²) in [5.74, 6) is 2.87. The molecule has 0 spiro atoms. The molecule has 3 aromatic rings. The van der Waals surface area contributed by atoms with Gasteiger partial charge in [0.15, 0.2) is 5.82 Å². The van der Waals surface area contributed by atoms with E-state index in [-0.39, 0.29) is 5.92 Å². The van der Waals surface area contributed by atoms with E-state index in [1.54, 1.807) is 6.26 Å². The molecule has 0 radical (unpaired) electrons. The van der Waals surface area contributed by atoms with Gasteiger partial charge < -0.3 is 8.98 Å². The normalized spacial score (nSPS) is 25.4. The predicted molar refractivity (Wildman–Crippen MR) is 143 cm³/mol. The fourth-order valence-corrected chi connectivity index (χ4v) is 6.63. The zero-order chi connectivity index (χ0) is 24.8. The number of likely N-dealkylation sites (tertiary alicyclic amines) is 2. The summed E-state index contributed by atoms with van der Waals surface area (Å²) in [4.78, 5) is 27.8. The van der Waals surface area contributed by atoms with Crippen molar-refractivity contribution in [2.75, 3.05) is 32.7 Å². The van der Waals surface area contributed by atoms with Gasteiger partial charge in [0.05, 0.1) is 35.8 Å². The average Bonchev–Trinajstić information content (AvgIpc) is 3.37. The summed E-state index contributed by atoms with van der Waals surface area (Å²) in [5.41, 5.74) is 4.65. The summed E-state index contributed by atoms with van der Waals surface area (Å²) in [6.45, 7) is 5.40. The highest BCUT2D eigenvalue weighted by atomic mass is 16.3. The zero-order valence-corrected chi connectivity index (χ0v) is 21.3. The van der Waals surface area contributed by atoms with Gasteiger partial charge in [0.25, 0.3) is 0 Å². The molecule has 7 nitrogen and oxygen atoms in total. The van der Waals surface area contributed by atoms with E-state index in [1.807, 2.05) is 18.5 Å². The van der Waals surface area contributed by atoms with E-state index in [4.69, 9.17) is 14.4 Å². The van der Waals surface area contributed by atoms with E-state index in [0.29, 0.717) is 30.2 Å². The molecule has 5 heterocycles. The van der Waals surface area contributed by atoms with Crippen LogP contribution in [0.5, 0.6) is 0 Å². The van der Waals surface area contributed by atoms with E-state index in [0.717, 1.165) is 69.7 Å². The Hall–Kier alpha value is -3.03. The number of hydrogen-bond acceptors (Lipinski definition) is 6. The van der Waals surface area contributed by atoms with Gasteiger partial charge >= 0.3 is 0 Å². The Morgan fingerprint density at radius 3 is 2.62 bits per heavy atom. The fraction of sp³-hybridized carbons (Fsp3) is 0.500. The first-order valence-electron chi connectivity index (χ1n) is 13.9. The number of aliphatic imine (C=N–C) groups is 1. The van der Waals surface area contributed by atoms with Gasteiger partial charge in [-0.25, -0.2) is 4.98 Å². The van der Waals surface area contributed by atoms with Crippen molar-refractivity contribution < 1.29 is 9.21 Å². The standard InChI is InChI=1S/C30H35N5O2/c36-28(22-6-12-33(13-7-22)18-21-10-16-37-20-21)19-34-14-8-24(9-15-34)35-27-4-2-1-3-26(27)32-30(35)29-25-17-23(25)5-11-31-29/h1-5,10-11,16,20,22-25H,6-9,12-15,17-19H2. The number of Topliss-reactive ketones (excluding diaryl/α,β-unsaturated/α-hetero) is 1. The van der Waals surface area contributed by atoms with Gasteiger partial charge in [0, 0.05) is 49.3 Å². The maximum absolute atomic E-state index is 13.2. The molecule has 7 rings (SSSR count). The maximum atomic E-state index is 13.2. The number of allylic oxidation sites excluding steroid dienone is 1. The monoisotopic (exact) mass is 497 g/mol. The van der Waals surface area contributed by atoms with E-state index >= 15 is 0 Å². The zero-order valence-electron chi connectivity index (χ0n) is 21.3. The topological polar surface area (TPSA) is 66.9 Å². The van der Waals surface area contributed by atoms with Crippen molar-refractivity contribution in [1.82, 2.24) is 19.4 Å². The summed E-state index contributed by atoms with van der Waals surface area (Å²) >= 11 is 0. The smallest absolute Gasteiger partial charge is 0.156 e. The third-order valence-corrected chi connectivity index (χ3v) is 8.89. The number of benzene rings is 1. The van der Waals surface area contributed by atoms with Gasteiger partial charge in [-0.3, -0.25) is 19.6 Å². The minimum atomic E-state index is 0.200. The Balaban J connectivity index is 0.980. The van der Waals surface area contributed by atoms with E-state index in [9.17, 15) is 4.79 Å². The molecule has 2 unspecified atom stereocenters. The average molecular weight is 498 g/mol. The first kappa shape index (κ1) is 23.1. The second-order valence-electron chi connectivity index (χ2n) is 11.3. The molecule has 192 valence electrons. The SMILES string of the molecule is O=C(CN1CCC(n2c(C3=NC=CC4CC34)nc3ccccc32)CC1)C1CCN(Cc2ccoc2)CC1. The van der Waals surface area contributed by atoms with Crippen LogP contribution >= 0.6 is 0 Å².